The number of rotatable bonds is 6. The molecule has 0 aromatic heterocycles. The molecule has 0 radical (unpaired) electrons. The van der Waals surface area contributed by atoms with Gasteiger partial charge in [-0.3, -0.25) is 0 Å². The van der Waals surface area contributed by atoms with Gasteiger partial charge in [-0.05, 0) is 48.1 Å². The molecule has 0 heterocycles. The molecule has 2 N–H and O–H groups in total. The molecule has 4 nitrogen and oxygen atoms in total. The van der Waals surface area contributed by atoms with Gasteiger partial charge in [0, 0.05) is 6.54 Å². The van der Waals surface area contributed by atoms with Gasteiger partial charge in [0.2, 0.25) is 0 Å². The van der Waals surface area contributed by atoms with Gasteiger partial charge in [-0.25, -0.2) is 9.18 Å². The summed E-state index contributed by atoms with van der Waals surface area (Å²) in [7, 11) is 0. The van der Waals surface area contributed by atoms with Crippen LogP contribution in [-0.2, 0) is 11.8 Å². The van der Waals surface area contributed by atoms with Crippen molar-refractivity contribution in [2.24, 2.45) is 0 Å². The predicted molar refractivity (Wildman–Crippen MR) is 102 cm³/mol. The number of ether oxygens (including phenoxy) is 1. The van der Waals surface area contributed by atoms with Crippen LogP contribution in [0.1, 0.15) is 37.5 Å². The summed E-state index contributed by atoms with van der Waals surface area (Å²) in [5.74, 6) is 0.497. The van der Waals surface area contributed by atoms with Crippen LogP contribution in [0.25, 0.3) is 0 Å². The van der Waals surface area contributed by atoms with E-state index in [2.05, 4.69) is 37.5 Å². The average molecular weight is 358 g/mol. The van der Waals surface area contributed by atoms with Gasteiger partial charge >= 0.3 is 6.03 Å². The number of hydrogen-bond donors (Lipinski definition) is 2. The molecule has 2 aromatic carbocycles. The van der Waals surface area contributed by atoms with Gasteiger partial charge in [0.1, 0.15) is 11.6 Å². The molecule has 0 bridgehead atoms. The van der Waals surface area contributed by atoms with Crippen molar-refractivity contribution in [3.63, 3.8) is 0 Å². The Balaban J connectivity index is 1.78. The van der Waals surface area contributed by atoms with Crippen LogP contribution in [0.15, 0.2) is 42.5 Å². The third kappa shape index (κ3) is 6.06. The fourth-order valence-corrected chi connectivity index (χ4v) is 2.61. The standard InChI is InChI=1S/C21H27FN2O2/c1-15-8-9-19(18(12-15)21(2,3)4)26-14-24-20(25)23-11-10-16-6-5-7-17(22)13-16/h5-9,12-13H,10-11,14H2,1-4H3,(H2,23,24,25). The number of hydrogen-bond acceptors (Lipinski definition) is 2. The molecular weight excluding hydrogens is 331 g/mol. The maximum Gasteiger partial charge on any atom is 0.317 e. The van der Waals surface area contributed by atoms with Gasteiger partial charge in [0.25, 0.3) is 0 Å². The summed E-state index contributed by atoms with van der Waals surface area (Å²) in [6.07, 6.45) is 0.568. The van der Waals surface area contributed by atoms with Gasteiger partial charge in [-0.2, -0.15) is 0 Å². The number of aryl methyl sites for hydroxylation is 1. The van der Waals surface area contributed by atoms with Crippen LogP contribution in [0.5, 0.6) is 5.75 Å². The van der Waals surface area contributed by atoms with Gasteiger partial charge in [0.15, 0.2) is 6.73 Å². The molecule has 2 amide bonds. The molecule has 2 aromatic rings. The number of nitrogens with one attached hydrogen (secondary N) is 2. The van der Waals surface area contributed by atoms with E-state index < -0.39 is 0 Å². The van der Waals surface area contributed by atoms with Crippen molar-refractivity contribution in [1.29, 1.82) is 0 Å². The topological polar surface area (TPSA) is 50.4 Å². The number of urea groups is 1. The third-order valence-electron chi connectivity index (χ3n) is 3.99. The van der Waals surface area contributed by atoms with E-state index in [4.69, 9.17) is 4.74 Å². The lowest BCUT2D eigenvalue weighted by atomic mass is 9.85. The van der Waals surface area contributed by atoms with Crippen molar-refractivity contribution in [1.82, 2.24) is 10.6 Å². The molecule has 0 spiro atoms. The maximum absolute atomic E-state index is 13.1. The van der Waals surface area contributed by atoms with Crippen LogP contribution >= 0.6 is 0 Å². The molecule has 0 aliphatic rings. The highest BCUT2D eigenvalue weighted by Crippen LogP contribution is 2.31. The van der Waals surface area contributed by atoms with Crippen LogP contribution in [0.2, 0.25) is 0 Å². The summed E-state index contributed by atoms with van der Waals surface area (Å²) in [5.41, 5.74) is 3.07. The van der Waals surface area contributed by atoms with Crippen LogP contribution in [0, 0.1) is 12.7 Å². The van der Waals surface area contributed by atoms with E-state index in [1.807, 2.05) is 25.1 Å². The van der Waals surface area contributed by atoms with Gasteiger partial charge < -0.3 is 15.4 Å². The Kier molecular flexibility index (Phi) is 6.61. The highest BCUT2D eigenvalue weighted by atomic mass is 19.1. The van der Waals surface area contributed by atoms with Crippen molar-refractivity contribution in [2.45, 2.75) is 39.5 Å². The molecule has 0 saturated heterocycles. The first-order valence-corrected chi connectivity index (χ1v) is 8.76. The Bertz CT molecular complexity index is 754. The molecule has 0 saturated carbocycles. The van der Waals surface area contributed by atoms with E-state index in [-0.39, 0.29) is 24.0 Å². The van der Waals surface area contributed by atoms with E-state index in [0.717, 1.165) is 16.9 Å². The Morgan fingerprint density at radius 3 is 2.58 bits per heavy atom. The largest absolute Gasteiger partial charge is 0.473 e. The number of carbonyl (C=O) groups is 1. The van der Waals surface area contributed by atoms with Crippen LogP contribution in [0.3, 0.4) is 0 Å². The zero-order valence-electron chi connectivity index (χ0n) is 15.9. The Hall–Kier alpha value is -2.56. The Morgan fingerprint density at radius 2 is 1.88 bits per heavy atom. The smallest absolute Gasteiger partial charge is 0.317 e. The van der Waals surface area contributed by atoms with Crippen molar-refractivity contribution in [2.75, 3.05) is 13.3 Å². The van der Waals surface area contributed by atoms with Crippen LogP contribution < -0.4 is 15.4 Å². The Labute approximate surface area is 154 Å². The normalized spacial score (nSPS) is 11.1. The SMILES string of the molecule is Cc1ccc(OCNC(=O)NCCc2cccc(F)c2)c(C(C)(C)C)c1. The van der Waals surface area contributed by atoms with Crippen molar-refractivity contribution in [3.8, 4) is 5.75 Å². The number of halogens is 1. The van der Waals surface area contributed by atoms with Gasteiger partial charge in [-0.15, -0.1) is 0 Å². The summed E-state index contributed by atoms with van der Waals surface area (Å²) in [4.78, 5) is 11.9. The first-order chi connectivity index (χ1) is 12.3. The van der Waals surface area contributed by atoms with E-state index in [1.54, 1.807) is 6.07 Å². The highest BCUT2D eigenvalue weighted by molar-refractivity contribution is 5.73. The molecular formula is C21H27FN2O2. The molecule has 2 rings (SSSR count). The zero-order valence-corrected chi connectivity index (χ0v) is 15.9. The summed E-state index contributed by atoms with van der Waals surface area (Å²) in [5, 5.41) is 5.41. The fraction of sp³-hybridized carbons (Fsp3) is 0.381. The average Bonchev–Trinajstić information content (AvgIpc) is 2.55. The lowest BCUT2D eigenvalue weighted by Gasteiger charge is -2.23. The van der Waals surface area contributed by atoms with Crippen LogP contribution in [0.4, 0.5) is 9.18 Å². The highest BCUT2D eigenvalue weighted by Gasteiger charge is 2.19. The maximum atomic E-state index is 13.1. The molecule has 140 valence electrons. The minimum Gasteiger partial charge on any atom is -0.473 e. The van der Waals surface area contributed by atoms with E-state index in [0.29, 0.717) is 13.0 Å². The quantitative estimate of drug-likeness (QED) is 0.756. The first kappa shape index (κ1) is 19.8. The summed E-state index contributed by atoms with van der Waals surface area (Å²) in [6, 6.07) is 12.1. The van der Waals surface area contributed by atoms with Gasteiger partial charge in [0.05, 0.1) is 0 Å². The van der Waals surface area contributed by atoms with E-state index >= 15 is 0 Å². The van der Waals surface area contributed by atoms with Crippen molar-refractivity contribution < 1.29 is 13.9 Å². The molecule has 0 unspecified atom stereocenters. The summed E-state index contributed by atoms with van der Waals surface area (Å²) >= 11 is 0. The Morgan fingerprint density at radius 1 is 1.12 bits per heavy atom. The zero-order chi connectivity index (χ0) is 19.2. The van der Waals surface area contributed by atoms with E-state index in [9.17, 15) is 9.18 Å². The van der Waals surface area contributed by atoms with Crippen LogP contribution in [-0.4, -0.2) is 19.3 Å². The molecule has 26 heavy (non-hydrogen) atoms. The lowest BCUT2D eigenvalue weighted by Crippen LogP contribution is -2.38. The third-order valence-corrected chi connectivity index (χ3v) is 3.99. The summed E-state index contributed by atoms with van der Waals surface area (Å²) in [6.45, 7) is 8.93. The van der Waals surface area contributed by atoms with Gasteiger partial charge in [-0.1, -0.05) is 50.6 Å². The second-order valence-electron chi connectivity index (χ2n) is 7.35. The lowest BCUT2D eigenvalue weighted by molar-refractivity contribution is 0.223. The fourth-order valence-electron chi connectivity index (χ4n) is 2.61. The molecule has 0 aliphatic heterocycles. The minimum atomic E-state index is -0.314. The molecule has 0 fully saturated rings. The minimum absolute atomic E-state index is 0.0471. The van der Waals surface area contributed by atoms with Crippen molar-refractivity contribution >= 4 is 6.03 Å². The number of benzene rings is 2. The molecule has 0 aliphatic carbocycles. The van der Waals surface area contributed by atoms with E-state index in [1.165, 1.54) is 17.7 Å². The summed E-state index contributed by atoms with van der Waals surface area (Å²) < 4.78 is 18.9. The monoisotopic (exact) mass is 358 g/mol. The van der Waals surface area contributed by atoms with Crippen molar-refractivity contribution in [3.05, 3.63) is 65.0 Å². The predicted octanol–water partition coefficient (Wildman–Crippen LogP) is 4.31. The number of carbonyl (C=O) groups excluding carboxylic acids is 1. The molecule has 0 atom stereocenters. The second kappa shape index (κ2) is 8.70. The molecule has 5 heteroatoms. The number of amides is 2. The second-order valence-corrected chi connectivity index (χ2v) is 7.35. The first-order valence-electron chi connectivity index (χ1n) is 8.76.